The van der Waals surface area contributed by atoms with Gasteiger partial charge in [-0.3, -0.25) is 4.79 Å². The first-order valence-corrected chi connectivity index (χ1v) is 6.55. The number of benzene rings is 1. The van der Waals surface area contributed by atoms with Crippen LogP contribution in [0.5, 0.6) is 5.75 Å². The predicted molar refractivity (Wildman–Crippen MR) is 74.9 cm³/mol. The third-order valence-corrected chi connectivity index (χ3v) is 2.87. The van der Waals surface area contributed by atoms with Gasteiger partial charge in [0.15, 0.2) is 6.10 Å². The van der Waals surface area contributed by atoms with Crippen molar-refractivity contribution >= 4 is 5.91 Å². The number of nitrogens with one attached hydrogen (secondary N) is 1. The number of carbonyl (C=O) groups is 1. The average molecular weight is 292 g/mol. The lowest BCUT2D eigenvalue weighted by Gasteiger charge is -2.15. The summed E-state index contributed by atoms with van der Waals surface area (Å²) >= 11 is 0. The molecule has 6 heteroatoms. The topological polar surface area (TPSA) is 77.5 Å². The fourth-order valence-corrected chi connectivity index (χ4v) is 1.80. The van der Waals surface area contributed by atoms with Crippen LogP contribution in [-0.4, -0.2) is 12.0 Å². The maximum absolute atomic E-state index is 13.4. The highest BCUT2D eigenvalue weighted by atomic mass is 19.1. The van der Waals surface area contributed by atoms with Crippen molar-refractivity contribution in [3.8, 4) is 5.75 Å². The molecule has 5 nitrogen and oxygen atoms in total. The molecule has 0 saturated heterocycles. The van der Waals surface area contributed by atoms with Gasteiger partial charge in [-0.2, -0.15) is 0 Å². The van der Waals surface area contributed by atoms with Crippen LogP contribution in [0.1, 0.15) is 18.2 Å². The molecule has 0 aliphatic carbocycles. The largest absolute Gasteiger partial charge is 0.481 e. The van der Waals surface area contributed by atoms with E-state index in [4.69, 9.17) is 14.9 Å². The van der Waals surface area contributed by atoms with E-state index in [0.29, 0.717) is 11.3 Å². The molecule has 0 saturated carbocycles. The van der Waals surface area contributed by atoms with Crippen molar-refractivity contribution in [1.82, 2.24) is 5.32 Å². The highest BCUT2D eigenvalue weighted by molar-refractivity contribution is 5.80. The molecular formula is C15H17FN2O3. The number of halogens is 1. The molecule has 2 aromatic rings. The highest BCUT2D eigenvalue weighted by Crippen LogP contribution is 2.17. The Kier molecular flexibility index (Phi) is 4.94. The maximum atomic E-state index is 13.4. The van der Waals surface area contributed by atoms with Crippen LogP contribution in [0.2, 0.25) is 0 Å². The van der Waals surface area contributed by atoms with E-state index in [1.807, 2.05) is 0 Å². The van der Waals surface area contributed by atoms with Gasteiger partial charge in [0.05, 0.1) is 12.8 Å². The summed E-state index contributed by atoms with van der Waals surface area (Å²) in [7, 11) is 0. The van der Waals surface area contributed by atoms with Crippen molar-refractivity contribution in [2.24, 2.45) is 5.73 Å². The molecule has 0 fully saturated rings. The quantitative estimate of drug-likeness (QED) is 0.853. The number of ether oxygens (including phenoxy) is 1. The first kappa shape index (κ1) is 15.1. The summed E-state index contributed by atoms with van der Waals surface area (Å²) in [6, 6.07) is 7.65. The molecule has 1 heterocycles. The molecule has 112 valence electrons. The second-order valence-electron chi connectivity index (χ2n) is 4.56. The zero-order valence-corrected chi connectivity index (χ0v) is 11.6. The van der Waals surface area contributed by atoms with E-state index in [0.717, 1.165) is 0 Å². The lowest BCUT2D eigenvalue weighted by atomic mass is 10.2. The Morgan fingerprint density at radius 1 is 1.48 bits per heavy atom. The SMILES string of the molecule is CC(Oc1cc(F)cc(CN)c1)C(=O)NCc1ccco1. The van der Waals surface area contributed by atoms with Gasteiger partial charge in [-0.1, -0.05) is 0 Å². The van der Waals surface area contributed by atoms with Crippen LogP contribution in [0.15, 0.2) is 41.0 Å². The minimum absolute atomic E-state index is 0.202. The summed E-state index contributed by atoms with van der Waals surface area (Å²) in [6.45, 7) is 2.06. The van der Waals surface area contributed by atoms with Crippen LogP contribution in [0.25, 0.3) is 0 Å². The Bertz CT molecular complexity index is 599. The summed E-state index contributed by atoms with van der Waals surface area (Å²) in [6.07, 6.45) is 0.773. The Hall–Kier alpha value is -2.34. The smallest absolute Gasteiger partial charge is 0.261 e. The van der Waals surface area contributed by atoms with Crippen molar-refractivity contribution < 1.29 is 18.3 Å². The van der Waals surface area contributed by atoms with Crippen molar-refractivity contribution in [2.75, 3.05) is 0 Å². The van der Waals surface area contributed by atoms with Crippen LogP contribution in [0, 0.1) is 5.82 Å². The van der Waals surface area contributed by atoms with Gasteiger partial charge in [-0.15, -0.1) is 0 Å². The number of hydrogen-bond donors (Lipinski definition) is 2. The minimum atomic E-state index is -0.757. The number of carbonyl (C=O) groups excluding carboxylic acids is 1. The van der Waals surface area contributed by atoms with Crippen molar-refractivity contribution in [2.45, 2.75) is 26.1 Å². The summed E-state index contributed by atoms with van der Waals surface area (Å²) in [5.41, 5.74) is 6.07. The Labute approximate surface area is 121 Å². The number of amides is 1. The van der Waals surface area contributed by atoms with E-state index >= 15 is 0 Å². The minimum Gasteiger partial charge on any atom is -0.481 e. The van der Waals surface area contributed by atoms with E-state index in [-0.39, 0.29) is 24.7 Å². The van der Waals surface area contributed by atoms with Gasteiger partial charge in [-0.25, -0.2) is 4.39 Å². The second-order valence-corrected chi connectivity index (χ2v) is 4.56. The van der Waals surface area contributed by atoms with Crippen LogP contribution in [-0.2, 0) is 17.9 Å². The second kappa shape index (κ2) is 6.90. The van der Waals surface area contributed by atoms with E-state index in [9.17, 15) is 9.18 Å². The van der Waals surface area contributed by atoms with Crippen LogP contribution < -0.4 is 15.8 Å². The summed E-state index contributed by atoms with van der Waals surface area (Å²) in [5.74, 6) is 0.156. The number of hydrogen-bond acceptors (Lipinski definition) is 4. The third-order valence-electron chi connectivity index (χ3n) is 2.87. The molecule has 2 rings (SSSR count). The Morgan fingerprint density at radius 2 is 2.29 bits per heavy atom. The predicted octanol–water partition coefficient (Wildman–Crippen LogP) is 1.96. The molecule has 0 radical (unpaired) electrons. The van der Waals surface area contributed by atoms with Crippen LogP contribution in [0.3, 0.4) is 0 Å². The van der Waals surface area contributed by atoms with Gasteiger partial charge < -0.3 is 20.2 Å². The monoisotopic (exact) mass is 292 g/mol. The maximum Gasteiger partial charge on any atom is 0.261 e. The van der Waals surface area contributed by atoms with E-state index in [1.165, 1.54) is 18.4 Å². The van der Waals surface area contributed by atoms with Crippen LogP contribution in [0.4, 0.5) is 4.39 Å². The van der Waals surface area contributed by atoms with Gasteiger partial charge in [0.1, 0.15) is 17.3 Å². The third kappa shape index (κ3) is 4.32. The molecule has 1 unspecified atom stereocenters. The first-order valence-electron chi connectivity index (χ1n) is 6.55. The van der Waals surface area contributed by atoms with Gasteiger partial charge in [0.2, 0.25) is 0 Å². The summed E-state index contributed by atoms with van der Waals surface area (Å²) < 4.78 is 23.9. The molecule has 1 amide bonds. The van der Waals surface area contributed by atoms with Crippen molar-refractivity contribution in [3.05, 3.63) is 53.7 Å². The molecule has 3 N–H and O–H groups in total. The van der Waals surface area contributed by atoms with Gasteiger partial charge in [-0.05, 0) is 36.8 Å². The van der Waals surface area contributed by atoms with Gasteiger partial charge in [0, 0.05) is 12.6 Å². The molecule has 21 heavy (non-hydrogen) atoms. The first-order chi connectivity index (χ1) is 10.1. The zero-order valence-electron chi connectivity index (χ0n) is 11.6. The Balaban J connectivity index is 1.92. The summed E-state index contributed by atoms with van der Waals surface area (Å²) in [4.78, 5) is 11.9. The normalized spacial score (nSPS) is 12.0. The molecule has 0 aliphatic heterocycles. The van der Waals surface area contributed by atoms with Crippen LogP contribution >= 0.6 is 0 Å². The standard InChI is InChI=1S/C15H17FN2O3/c1-10(15(19)18-9-13-3-2-4-20-13)21-14-6-11(8-17)5-12(16)7-14/h2-7,10H,8-9,17H2,1H3,(H,18,19). The molecule has 1 aromatic carbocycles. The van der Waals surface area contributed by atoms with Gasteiger partial charge in [0.25, 0.3) is 5.91 Å². The lowest BCUT2D eigenvalue weighted by molar-refractivity contribution is -0.127. The van der Waals surface area contributed by atoms with Crippen molar-refractivity contribution in [1.29, 1.82) is 0 Å². The molecule has 0 aliphatic rings. The lowest BCUT2D eigenvalue weighted by Crippen LogP contribution is -2.35. The fourth-order valence-electron chi connectivity index (χ4n) is 1.80. The van der Waals surface area contributed by atoms with Gasteiger partial charge >= 0.3 is 0 Å². The van der Waals surface area contributed by atoms with E-state index in [2.05, 4.69) is 5.32 Å². The molecule has 1 aromatic heterocycles. The number of rotatable bonds is 6. The molecular weight excluding hydrogens is 275 g/mol. The van der Waals surface area contributed by atoms with E-state index in [1.54, 1.807) is 25.1 Å². The highest BCUT2D eigenvalue weighted by Gasteiger charge is 2.15. The number of nitrogens with two attached hydrogens (primary N) is 1. The van der Waals surface area contributed by atoms with Crippen molar-refractivity contribution in [3.63, 3.8) is 0 Å². The molecule has 1 atom stereocenters. The summed E-state index contributed by atoms with van der Waals surface area (Å²) in [5, 5.41) is 2.67. The zero-order chi connectivity index (χ0) is 15.2. The number of furan rings is 1. The molecule has 0 spiro atoms. The molecule has 0 bridgehead atoms. The average Bonchev–Trinajstić information content (AvgIpc) is 2.97. The van der Waals surface area contributed by atoms with E-state index < -0.39 is 11.9 Å². The Morgan fingerprint density at radius 3 is 2.95 bits per heavy atom. The fraction of sp³-hybridized carbons (Fsp3) is 0.267.